The van der Waals surface area contributed by atoms with Crippen molar-refractivity contribution in [3.63, 3.8) is 0 Å². The van der Waals surface area contributed by atoms with Crippen LogP contribution in [0.5, 0.6) is 0 Å². The average Bonchev–Trinajstić information content (AvgIpc) is 3.72. The molecule has 0 unspecified atom stereocenters. The third-order valence-corrected chi connectivity index (χ3v) is 10.8. The van der Waals surface area contributed by atoms with Crippen LogP contribution in [0.3, 0.4) is 0 Å². The average molecular weight is 774 g/mol. The first-order chi connectivity index (χ1) is 28.1. The van der Waals surface area contributed by atoms with E-state index in [1.807, 2.05) is 140 Å². The number of nitrogens with zero attached hydrogens (tertiary/aromatic N) is 1. The maximum Gasteiger partial charge on any atom is 0.315 e. The molecule has 8 nitrogen and oxygen atoms in total. The van der Waals surface area contributed by atoms with Gasteiger partial charge in [-0.3, -0.25) is 0 Å². The van der Waals surface area contributed by atoms with Gasteiger partial charge in [-0.2, -0.15) is 0 Å². The monoisotopic (exact) mass is 773 g/mol. The number of urea groups is 1. The fraction of sp³-hybridized carbons (Fsp3) is 0.167. The number of carbonyl (C=O) groups excluding carboxylic acids is 1. The summed E-state index contributed by atoms with van der Waals surface area (Å²) in [6, 6.07) is 54.1. The van der Waals surface area contributed by atoms with Gasteiger partial charge in [-0.1, -0.05) is 163 Å². The summed E-state index contributed by atoms with van der Waals surface area (Å²) in [6.45, 7) is 0.834. The molecule has 1 fully saturated rings. The maximum absolute atomic E-state index is 12.5. The Kier molecular flexibility index (Phi) is 12.2. The third-order valence-electron chi connectivity index (χ3n) is 9.87. The molecule has 0 bridgehead atoms. The second-order valence-corrected chi connectivity index (χ2v) is 14.9. The number of oxazole rings is 1. The van der Waals surface area contributed by atoms with Gasteiger partial charge in [-0.05, 0) is 45.5 Å². The molecule has 1 aromatic heterocycles. The zero-order chi connectivity index (χ0) is 38.8. The summed E-state index contributed by atoms with van der Waals surface area (Å²) in [5.74, 6) is 1.33. The van der Waals surface area contributed by atoms with Gasteiger partial charge in [-0.25, -0.2) is 9.78 Å². The molecule has 0 spiro atoms. The molecule has 8 rings (SSSR count). The van der Waals surface area contributed by atoms with Gasteiger partial charge in [-0.15, -0.1) is 0 Å². The van der Waals surface area contributed by atoms with E-state index < -0.39 is 6.29 Å². The number of carbonyl (C=O) groups is 1. The Labute approximate surface area is 336 Å². The van der Waals surface area contributed by atoms with Crippen LogP contribution in [0.25, 0.3) is 33.7 Å². The molecule has 0 saturated carbocycles. The van der Waals surface area contributed by atoms with E-state index in [2.05, 4.69) is 34.9 Å². The molecular formula is C48H43N3O5S. The normalized spacial score (nSPS) is 16.5. The van der Waals surface area contributed by atoms with Crippen LogP contribution in [0, 0.1) is 0 Å². The fourth-order valence-corrected chi connectivity index (χ4v) is 7.72. The first-order valence-electron chi connectivity index (χ1n) is 19.1. The molecular weight excluding hydrogens is 731 g/mol. The highest BCUT2D eigenvalue weighted by Crippen LogP contribution is 2.41. The summed E-state index contributed by atoms with van der Waals surface area (Å²) >= 11 is 1.54. The minimum absolute atomic E-state index is 0.0194. The van der Waals surface area contributed by atoms with Crippen molar-refractivity contribution in [3.05, 3.63) is 192 Å². The van der Waals surface area contributed by atoms with Gasteiger partial charge in [0.2, 0.25) is 0 Å². The van der Waals surface area contributed by atoms with Crippen molar-refractivity contribution in [3.8, 4) is 33.7 Å². The lowest BCUT2D eigenvalue weighted by molar-refractivity contribution is -0.245. The standard InChI is InChI=1S/C48H43N3O5S/c52-31-34-22-24-36(25-23-34)43-28-42(32-57-48-51-44(37-15-6-2-7-16-37)45(56-48)38-17-8-3-9-18-38)54-46(55-43)41-21-11-20-40(27-41)39-19-10-14-35(26-39)30-50-47(53)49-29-33-12-4-1-5-13-33/h1-27,42-43,46,52H,28-32H2,(H2,49,50,53)/t42-,43+,46+/m0/s1. The van der Waals surface area contributed by atoms with Gasteiger partial charge in [0.15, 0.2) is 12.1 Å². The van der Waals surface area contributed by atoms with Gasteiger partial charge >= 0.3 is 6.03 Å². The molecule has 286 valence electrons. The van der Waals surface area contributed by atoms with E-state index in [-0.39, 0.29) is 24.8 Å². The quantitative estimate of drug-likeness (QED) is 0.100. The van der Waals surface area contributed by atoms with Gasteiger partial charge in [0.25, 0.3) is 5.22 Å². The molecule has 9 heteroatoms. The molecule has 7 aromatic rings. The molecule has 0 aliphatic carbocycles. The highest BCUT2D eigenvalue weighted by atomic mass is 32.2. The van der Waals surface area contributed by atoms with Gasteiger partial charge < -0.3 is 29.6 Å². The molecule has 57 heavy (non-hydrogen) atoms. The van der Waals surface area contributed by atoms with Crippen molar-refractivity contribution < 1.29 is 23.8 Å². The maximum atomic E-state index is 12.5. The van der Waals surface area contributed by atoms with E-state index in [0.29, 0.717) is 30.5 Å². The SMILES string of the molecule is O=C(NCc1ccccc1)NCc1cccc(-c2cccc([C@@H]3O[C@H](CSc4nc(-c5ccccc5)c(-c5ccccc5)o4)C[C@H](c4ccc(CO)cc4)O3)c2)c1. The second-order valence-electron chi connectivity index (χ2n) is 13.9. The van der Waals surface area contributed by atoms with Crippen LogP contribution < -0.4 is 10.6 Å². The van der Waals surface area contributed by atoms with E-state index in [4.69, 9.17) is 18.9 Å². The summed E-state index contributed by atoms with van der Waals surface area (Å²) in [4.78, 5) is 17.5. The van der Waals surface area contributed by atoms with Gasteiger partial charge in [0.05, 0.1) is 18.8 Å². The van der Waals surface area contributed by atoms with E-state index in [9.17, 15) is 9.90 Å². The number of aromatic nitrogens is 1. The van der Waals surface area contributed by atoms with Crippen LogP contribution >= 0.6 is 11.8 Å². The van der Waals surface area contributed by atoms with Gasteiger partial charge in [0, 0.05) is 42.0 Å². The van der Waals surface area contributed by atoms with Crippen LogP contribution in [-0.4, -0.2) is 28.0 Å². The lowest BCUT2D eigenvalue weighted by Crippen LogP contribution is -2.34. The molecule has 2 amide bonds. The van der Waals surface area contributed by atoms with E-state index in [0.717, 1.165) is 61.5 Å². The largest absolute Gasteiger partial charge is 0.431 e. The zero-order valence-electron chi connectivity index (χ0n) is 31.3. The van der Waals surface area contributed by atoms with Crippen LogP contribution in [-0.2, 0) is 29.2 Å². The summed E-state index contributed by atoms with van der Waals surface area (Å²) in [5, 5.41) is 16.1. The van der Waals surface area contributed by atoms with Gasteiger partial charge in [0.1, 0.15) is 5.69 Å². The van der Waals surface area contributed by atoms with E-state index in [1.165, 1.54) is 11.8 Å². The fourth-order valence-electron chi connectivity index (χ4n) is 6.87. The number of hydrogen-bond acceptors (Lipinski definition) is 7. The van der Waals surface area contributed by atoms with E-state index >= 15 is 0 Å². The topological polar surface area (TPSA) is 106 Å². The zero-order valence-corrected chi connectivity index (χ0v) is 32.1. The minimum atomic E-state index is -0.630. The van der Waals surface area contributed by atoms with Crippen molar-refractivity contribution in [1.29, 1.82) is 0 Å². The lowest BCUT2D eigenvalue weighted by Gasteiger charge is -2.36. The smallest absolute Gasteiger partial charge is 0.315 e. The number of nitrogens with one attached hydrogen (secondary N) is 2. The number of ether oxygens (including phenoxy) is 2. The molecule has 1 saturated heterocycles. The Balaban J connectivity index is 0.993. The molecule has 6 aromatic carbocycles. The molecule has 3 N–H and O–H groups in total. The molecule has 1 aliphatic rings. The van der Waals surface area contributed by atoms with Crippen molar-refractivity contribution in [1.82, 2.24) is 15.6 Å². The van der Waals surface area contributed by atoms with E-state index in [1.54, 1.807) is 0 Å². The Bertz CT molecular complexity index is 2310. The summed E-state index contributed by atoms with van der Waals surface area (Å²) < 4.78 is 19.9. The van der Waals surface area contributed by atoms with Crippen molar-refractivity contribution in [2.75, 3.05) is 5.75 Å². The summed E-state index contributed by atoms with van der Waals surface area (Å²) in [7, 11) is 0. The summed E-state index contributed by atoms with van der Waals surface area (Å²) in [5.41, 5.74) is 9.59. The second kappa shape index (κ2) is 18.3. The summed E-state index contributed by atoms with van der Waals surface area (Å²) in [6.07, 6.45) is -0.422. The third kappa shape index (κ3) is 9.71. The molecule has 2 heterocycles. The van der Waals surface area contributed by atoms with Crippen molar-refractivity contribution >= 4 is 17.8 Å². The number of aliphatic hydroxyl groups is 1. The number of hydrogen-bond donors (Lipinski definition) is 3. The highest BCUT2D eigenvalue weighted by molar-refractivity contribution is 7.99. The molecule has 0 radical (unpaired) electrons. The predicted molar refractivity (Wildman–Crippen MR) is 224 cm³/mol. The number of amides is 2. The van der Waals surface area contributed by atoms with Crippen molar-refractivity contribution in [2.45, 2.75) is 49.8 Å². The lowest BCUT2D eigenvalue weighted by atomic mass is 9.99. The minimum Gasteiger partial charge on any atom is -0.431 e. The Morgan fingerprint density at radius 3 is 1.96 bits per heavy atom. The Hall–Kier alpha value is -5.97. The number of benzene rings is 6. The van der Waals surface area contributed by atoms with Crippen molar-refractivity contribution in [2.24, 2.45) is 0 Å². The number of aliphatic hydroxyl groups excluding tert-OH is 1. The first-order valence-corrected chi connectivity index (χ1v) is 20.1. The Morgan fingerprint density at radius 1 is 0.632 bits per heavy atom. The Morgan fingerprint density at radius 2 is 1.25 bits per heavy atom. The number of thioether (sulfide) groups is 1. The van der Waals surface area contributed by atoms with Crippen LogP contribution in [0.15, 0.2) is 173 Å². The first kappa shape index (κ1) is 37.9. The van der Waals surface area contributed by atoms with Crippen LogP contribution in [0.1, 0.15) is 46.6 Å². The number of rotatable bonds is 13. The highest BCUT2D eigenvalue weighted by Gasteiger charge is 2.33. The van der Waals surface area contributed by atoms with Crippen LogP contribution in [0.4, 0.5) is 4.79 Å². The molecule has 3 atom stereocenters. The molecule has 1 aliphatic heterocycles. The van der Waals surface area contributed by atoms with Crippen LogP contribution in [0.2, 0.25) is 0 Å². The predicted octanol–water partition coefficient (Wildman–Crippen LogP) is 10.5.